The van der Waals surface area contributed by atoms with E-state index in [0.29, 0.717) is 0 Å². The fourth-order valence-electron chi connectivity index (χ4n) is 4.69. The number of fused-ring (bicyclic) bond motifs is 5. The molecule has 0 unspecified atom stereocenters. The number of hydrogen-bond donors (Lipinski definition) is 1. The minimum atomic E-state index is -0.320. The Morgan fingerprint density at radius 3 is 2.67 bits per heavy atom. The third kappa shape index (κ3) is 2.60. The minimum absolute atomic E-state index is 0.107. The number of nitrogens with zero attached hydrogens (tertiary/aromatic N) is 1. The second-order valence-corrected chi connectivity index (χ2v) is 7.69. The van der Waals surface area contributed by atoms with Gasteiger partial charge in [0, 0.05) is 28.8 Å². The van der Waals surface area contributed by atoms with Crippen molar-refractivity contribution in [2.75, 3.05) is 5.32 Å². The van der Waals surface area contributed by atoms with Crippen molar-refractivity contribution in [1.29, 1.82) is 0 Å². The lowest BCUT2D eigenvalue weighted by Gasteiger charge is -2.38. The molecule has 1 aliphatic carbocycles. The van der Waals surface area contributed by atoms with Gasteiger partial charge in [-0.3, -0.25) is 10.1 Å². The van der Waals surface area contributed by atoms with E-state index in [9.17, 15) is 10.1 Å². The monoisotopic (exact) mass is 376 g/mol. The smallest absolute Gasteiger partial charge is 0.269 e. The van der Waals surface area contributed by atoms with Gasteiger partial charge in [-0.15, -0.1) is 0 Å². The van der Waals surface area contributed by atoms with E-state index >= 15 is 0 Å². The summed E-state index contributed by atoms with van der Waals surface area (Å²) in [5, 5.41) is 15.7. The number of non-ortho nitro benzene ring substituents is 1. The predicted octanol–water partition coefficient (Wildman–Crippen LogP) is 5.72. The summed E-state index contributed by atoms with van der Waals surface area (Å²) >= 11 is 6.25. The molecule has 0 bridgehead atoms. The number of nitro groups is 1. The first-order valence-electron chi connectivity index (χ1n) is 9.00. The lowest BCUT2D eigenvalue weighted by atomic mass is 9.75. The van der Waals surface area contributed by atoms with Crippen LogP contribution in [0.25, 0.3) is 0 Å². The van der Waals surface area contributed by atoms with Crippen LogP contribution in [0.5, 0.6) is 0 Å². The van der Waals surface area contributed by atoms with E-state index in [2.05, 4.69) is 35.6 Å². The zero-order valence-electron chi connectivity index (χ0n) is 14.4. The van der Waals surface area contributed by atoms with Crippen molar-refractivity contribution in [3.8, 4) is 0 Å². The molecule has 0 aromatic heterocycles. The standard InChI is InChI=1S/C22H17ClN2O2/c23-15-6-3-5-14(10-15)22-19-11-13-4-1-2-7-17(13)21(19)18-12-16(25(26)27)8-9-20(18)24-22/h1-10,12,19,21-22,24H,11H2/t19-,21+,22+/m1/s1. The van der Waals surface area contributed by atoms with Crippen molar-refractivity contribution in [3.63, 3.8) is 0 Å². The normalized spacial score (nSPS) is 22.3. The molecule has 5 rings (SSSR count). The van der Waals surface area contributed by atoms with Crippen molar-refractivity contribution in [2.24, 2.45) is 5.92 Å². The molecule has 0 saturated heterocycles. The predicted molar refractivity (Wildman–Crippen MR) is 106 cm³/mol. The van der Waals surface area contributed by atoms with Crippen molar-refractivity contribution in [3.05, 3.63) is 104 Å². The van der Waals surface area contributed by atoms with E-state index in [1.165, 1.54) is 11.1 Å². The number of nitrogens with one attached hydrogen (secondary N) is 1. The van der Waals surface area contributed by atoms with Crippen LogP contribution in [-0.4, -0.2) is 4.92 Å². The summed E-state index contributed by atoms with van der Waals surface area (Å²) < 4.78 is 0. The fourth-order valence-corrected chi connectivity index (χ4v) is 4.89. The van der Waals surface area contributed by atoms with Crippen LogP contribution >= 0.6 is 11.6 Å². The van der Waals surface area contributed by atoms with Crippen molar-refractivity contribution < 1.29 is 4.92 Å². The van der Waals surface area contributed by atoms with Crippen molar-refractivity contribution in [1.82, 2.24) is 0 Å². The molecule has 4 nitrogen and oxygen atoms in total. The van der Waals surface area contributed by atoms with E-state index in [1.807, 2.05) is 24.3 Å². The summed E-state index contributed by atoms with van der Waals surface area (Å²) in [7, 11) is 0. The third-order valence-electron chi connectivity index (χ3n) is 5.80. The minimum Gasteiger partial charge on any atom is -0.378 e. The molecule has 3 aromatic rings. The largest absolute Gasteiger partial charge is 0.378 e. The maximum absolute atomic E-state index is 11.3. The van der Waals surface area contributed by atoms with Crippen LogP contribution in [-0.2, 0) is 6.42 Å². The second kappa shape index (κ2) is 6.10. The number of rotatable bonds is 2. The van der Waals surface area contributed by atoms with Gasteiger partial charge in [0.2, 0.25) is 0 Å². The molecule has 0 amide bonds. The van der Waals surface area contributed by atoms with Gasteiger partial charge in [-0.25, -0.2) is 0 Å². The highest BCUT2D eigenvalue weighted by molar-refractivity contribution is 6.30. The molecule has 1 heterocycles. The third-order valence-corrected chi connectivity index (χ3v) is 6.04. The van der Waals surface area contributed by atoms with E-state index in [-0.39, 0.29) is 28.5 Å². The van der Waals surface area contributed by atoms with Crippen LogP contribution in [0.4, 0.5) is 11.4 Å². The zero-order chi connectivity index (χ0) is 18.5. The summed E-state index contributed by atoms with van der Waals surface area (Å²) in [6.45, 7) is 0. The topological polar surface area (TPSA) is 55.2 Å². The molecule has 0 radical (unpaired) electrons. The number of benzene rings is 3. The maximum atomic E-state index is 11.3. The first-order valence-corrected chi connectivity index (χ1v) is 9.38. The first kappa shape index (κ1) is 16.3. The van der Waals surface area contributed by atoms with Crippen molar-refractivity contribution >= 4 is 23.0 Å². The summed E-state index contributed by atoms with van der Waals surface area (Å²) in [5.74, 6) is 0.428. The number of anilines is 1. The molecule has 0 saturated carbocycles. The Hall–Kier alpha value is -2.85. The Morgan fingerprint density at radius 1 is 1.00 bits per heavy atom. The van der Waals surface area contributed by atoms with E-state index in [0.717, 1.165) is 28.3 Å². The summed E-state index contributed by atoms with van der Waals surface area (Å²) in [6.07, 6.45) is 0.938. The first-order chi connectivity index (χ1) is 13.1. The Morgan fingerprint density at radius 2 is 1.85 bits per heavy atom. The Bertz CT molecular complexity index is 1070. The van der Waals surface area contributed by atoms with Crippen LogP contribution in [0.2, 0.25) is 5.02 Å². The number of nitro benzene ring substituents is 1. The summed E-state index contributed by atoms with van der Waals surface area (Å²) in [6, 6.07) is 21.6. The zero-order valence-corrected chi connectivity index (χ0v) is 15.2. The second-order valence-electron chi connectivity index (χ2n) is 7.25. The van der Waals surface area contributed by atoms with Gasteiger partial charge in [0.25, 0.3) is 5.69 Å². The highest BCUT2D eigenvalue weighted by Gasteiger charge is 2.43. The molecule has 1 aliphatic heterocycles. The van der Waals surface area contributed by atoms with Gasteiger partial charge in [0.05, 0.1) is 11.0 Å². The van der Waals surface area contributed by atoms with Crippen LogP contribution in [0.1, 0.15) is 34.2 Å². The number of halogens is 1. The quantitative estimate of drug-likeness (QED) is 0.459. The molecule has 2 aliphatic rings. The van der Waals surface area contributed by atoms with E-state index in [1.54, 1.807) is 12.1 Å². The Kier molecular flexibility index (Phi) is 3.69. The molecule has 3 atom stereocenters. The maximum Gasteiger partial charge on any atom is 0.269 e. The molecule has 0 fully saturated rings. The molecule has 3 aromatic carbocycles. The Balaban J connectivity index is 1.69. The van der Waals surface area contributed by atoms with E-state index < -0.39 is 0 Å². The van der Waals surface area contributed by atoms with Gasteiger partial charge in [-0.05, 0) is 52.8 Å². The van der Waals surface area contributed by atoms with Gasteiger partial charge in [0.1, 0.15) is 0 Å². The van der Waals surface area contributed by atoms with Crippen LogP contribution in [0, 0.1) is 16.0 Å². The fraction of sp³-hybridized carbons (Fsp3) is 0.182. The van der Waals surface area contributed by atoms with E-state index in [4.69, 9.17) is 11.6 Å². The van der Waals surface area contributed by atoms with Crippen LogP contribution in [0.3, 0.4) is 0 Å². The molecular formula is C22H17ClN2O2. The van der Waals surface area contributed by atoms with Gasteiger partial charge in [-0.1, -0.05) is 48.0 Å². The molecule has 27 heavy (non-hydrogen) atoms. The molecular weight excluding hydrogens is 360 g/mol. The van der Waals surface area contributed by atoms with Crippen molar-refractivity contribution in [2.45, 2.75) is 18.4 Å². The number of hydrogen-bond acceptors (Lipinski definition) is 3. The SMILES string of the molecule is O=[N+]([O-])c1ccc2c(c1)[C@@H]1c3ccccc3C[C@H]1[C@H](c1cccc(Cl)c1)N2. The van der Waals surface area contributed by atoms with Crippen LogP contribution in [0.15, 0.2) is 66.7 Å². The molecule has 5 heteroatoms. The van der Waals surface area contributed by atoms with Gasteiger partial charge in [-0.2, -0.15) is 0 Å². The lowest BCUT2D eigenvalue weighted by molar-refractivity contribution is -0.384. The summed E-state index contributed by atoms with van der Waals surface area (Å²) in [4.78, 5) is 11.0. The molecule has 1 N–H and O–H groups in total. The van der Waals surface area contributed by atoms with Gasteiger partial charge < -0.3 is 5.32 Å². The highest BCUT2D eigenvalue weighted by atomic mass is 35.5. The van der Waals surface area contributed by atoms with Gasteiger partial charge in [0.15, 0.2) is 0 Å². The molecule has 134 valence electrons. The highest BCUT2D eigenvalue weighted by Crippen LogP contribution is 2.54. The Labute approximate surface area is 161 Å². The molecule has 0 spiro atoms. The summed E-state index contributed by atoms with van der Waals surface area (Å²) in [5.41, 5.74) is 5.86. The van der Waals surface area contributed by atoms with Gasteiger partial charge >= 0.3 is 0 Å². The van der Waals surface area contributed by atoms with Crippen LogP contribution < -0.4 is 5.32 Å². The lowest BCUT2D eigenvalue weighted by Crippen LogP contribution is -2.30. The average molecular weight is 377 g/mol. The average Bonchev–Trinajstić information content (AvgIpc) is 3.06.